The minimum Gasteiger partial charge on any atom is -0.356 e. The molecule has 1 aromatic carbocycles. The highest BCUT2D eigenvalue weighted by Gasteiger charge is 2.20. The number of carbonyl (C=O) groups excluding carboxylic acids is 1. The van der Waals surface area contributed by atoms with Crippen molar-refractivity contribution in [2.45, 2.75) is 32.7 Å². The van der Waals surface area contributed by atoms with E-state index in [4.69, 9.17) is 0 Å². The predicted octanol–water partition coefficient (Wildman–Crippen LogP) is 2.14. The molecular formula is C18H27FN4O. The van der Waals surface area contributed by atoms with Gasteiger partial charge in [0, 0.05) is 45.2 Å². The predicted molar refractivity (Wildman–Crippen MR) is 94.2 cm³/mol. The number of guanidine groups is 1. The second-order valence-electron chi connectivity index (χ2n) is 6.28. The molecule has 0 aromatic heterocycles. The van der Waals surface area contributed by atoms with Crippen LogP contribution in [0, 0.1) is 11.7 Å². The van der Waals surface area contributed by atoms with Crippen LogP contribution in [0.15, 0.2) is 29.3 Å². The van der Waals surface area contributed by atoms with E-state index in [0.29, 0.717) is 37.0 Å². The van der Waals surface area contributed by atoms with Crippen molar-refractivity contribution in [1.82, 2.24) is 15.5 Å². The van der Waals surface area contributed by atoms with Crippen LogP contribution in [-0.4, -0.2) is 43.4 Å². The van der Waals surface area contributed by atoms with Gasteiger partial charge in [-0.25, -0.2) is 4.39 Å². The number of likely N-dealkylation sites (tertiary alicyclic amines) is 1. The average Bonchev–Trinajstić information content (AvgIpc) is 2.59. The van der Waals surface area contributed by atoms with Crippen LogP contribution in [0.2, 0.25) is 0 Å². The minimum absolute atomic E-state index is 0.179. The summed E-state index contributed by atoms with van der Waals surface area (Å²) in [5.74, 6) is 1.09. The van der Waals surface area contributed by atoms with E-state index in [0.717, 1.165) is 19.5 Å². The van der Waals surface area contributed by atoms with Gasteiger partial charge in [0.25, 0.3) is 0 Å². The van der Waals surface area contributed by atoms with Gasteiger partial charge in [-0.05, 0) is 24.8 Å². The Bertz CT molecular complexity index is 576. The zero-order valence-electron chi connectivity index (χ0n) is 14.5. The van der Waals surface area contributed by atoms with Gasteiger partial charge in [-0.1, -0.05) is 25.1 Å². The number of carbonyl (C=O) groups is 1. The molecule has 1 aliphatic heterocycles. The number of hydrogen-bond acceptors (Lipinski definition) is 2. The first-order valence-electron chi connectivity index (χ1n) is 8.56. The van der Waals surface area contributed by atoms with Gasteiger partial charge in [-0.3, -0.25) is 9.79 Å². The molecule has 1 aliphatic rings. The lowest BCUT2D eigenvalue weighted by atomic mass is 10.00. The number of piperidine rings is 1. The first-order valence-corrected chi connectivity index (χ1v) is 8.56. The van der Waals surface area contributed by atoms with Crippen molar-refractivity contribution >= 4 is 11.9 Å². The Morgan fingerprint density at radius 2 is 2.17 bits per heavy atom. The van der Waals surface area contributed by atoms with Gasteiger partial charge in [-0.2, -0.15) is 0 Å². The molecule has 0 aliphatic carbocycles. The Balaban J connectivity index is 1.71. The quantitative estimate of drug-likeness (QED) is 0.641. The summed E-state index contributed by atoms with van der Waals surface area (Å²) >= 11 is 0. The molecule has 2 rings (SSSR count). The molecular weight excluding hydrogens is 307 g/mol. The van der Waals surface area contributed by atoms with Crippen LogP contribution in [0.1, 0.15) is 31.7 Å². The van der Waals surface area contributed by atoms with Gasteiger partial charge >= 0.3 is 0 Å². The Kier molecular flexibility index (Phi) is 7.03. The van der Waals surface area contributed by atoms with Crippen molar-refractivity contribution in [3.8, 4) is 0 Å². The first-order chi connectivity index (χ1) is 11.6. The van der Waals surface area contributed by atoms with Crippen LogP contribution in [0.5, 0.6) is 0 Å². The summed E-state index contributed by atoms with van der Waals surface area (Å²) in [7, 11) is 1.66. The highest BCUT2D eigenvalue weighted by molar-refractivity contribution is 5.81. The molecule has 1 saturated heterocycles. The number of nitrogens with one attached hydrogen (secondary N) is 2. The van der Waals surface area contributed by atoms with Gasteiger partial charge in [0.15, 0.2) is 5.96 Å². The van der Waals surface area contributed by atoms with E-state index >= 15 is 0 Å². The van der Waals surface area contributed by atoms with E-state index in [9.17, 15) is 9.18 Å². The zero-order valence-corrected chi connectivity index (χ0v) is 14.5. The van der Waals surface area contributed by atoms with E-state index in [1.807, 2.05) is 4.90 Å². The molecule has 0 radical (unpaired) electrons. The lowest BCUT2D eigenvalue weighted by Gasteiger charge is -2.31. The van der Waals surface area contributed by atoms with Crippen molar-refractivity contribution < 1.29 is 9.18 Å². The summed E-state index contributed by atoms with van der Waals surface area (Å²) in [6.07, 6.45) is 2.73. The maximum Gasteiger partial charge on any atom is 0.224 e. The third-order valence-corrected chi connectivity index (χ3v) is 4.27. The Hall–Kier alpha value is -2.11. The van der Waals surface area contributed by atoms with Crippen LogP contribution >= 0.6 is 0 Å². The third-order valence-electron chi connectivity index (χ3n) is 4.27. The summed E-state index contributed by atoms with van der Waals surface area (Å²) < 4.78 is 13.6. The third kappa shape index (κ3) is 5.51. The second-order valence-corrected chi connectivity index (χ2v) is 6.28. The smallest absolute Gasteiger partial charge is 0.224 e. The number of rotatable bonds is 5. The monoisotopic (exact) mass is 334 g/mol. The topological polar surface area (TPSA) is 56.7 Å². The lowest BCUT2D eigenvalue weighted by molar-refractivity contribution is -0.132. The molecule has 6 heteroatoms. The average molecular weight is 334 g/mol. The molecule has 1 unspecified atom stereocenters. The second kappa shape index (κ2) is 9.25. The number of amides is 1. The van der Waals surface area contributed by atoms with Gasteiger partial charge in [-0.15, -0.1) is 0 Å². The summed E-state index contributed by atoms with van der Waals surface area (Å²) in [5.41, 5.74) is 0.582. The number of halogens is 1. The number of benzene rings is 1. The normalized spacial score (nSPS) is 18.4. The van der Waals surface area contributed by atoms with Crippen molar-refractivity contribution in [2.24, 2.45) is 10.9 Å². The molecule has 1 amide bonds. The van der Waals surface area contributed by atoms with Gasteiger partial charge in [0.2, 0.25) is 5.91 Å². The molecule has 0 spiro atoms. The van der Waals surface area contributed by atoms with Crippen LogP contribution in [-0.2, 0) is 11.3 Å². The maximum atomic E-state index is 13.6. The molecule has 1 aromatic rings. The van der Waals surface area contributed by atoms with Crippen LogP contribution < -0.4 is 10.6 Å². The molecule has 24 heavy (non-hydrogen) atoms. The number of nitrogens with zero attached hydrogens (tertiary/aromatic N) is 2. The van der Waals surface area contributed by atoms with Gasteiger partial charge < -0.3 is 15.5 Å². The molecule has 1 fully saturated rings. The van der Waals surface area contributed by atoms with E-state index < -0.39 is 0 Å². The summed E-state index contributed by atoms with van der Waals surface area (Å²) in [4.78, 5) is 18.3. The van der Waals surface area contributed by atoms with Crippen LogP contribution in [0.3, 0.4) is 0 Å². The number of aliphatic imine (C=N–C) groups is 1. The van der Waals surface area contributed by atoms with Gasteiger partial charge in [0.05, 0.1) is 0 Å². The summed E-state index contributed by atoms with van der Waals surface area (Å²) in [6.45, 7) is 4.78. The van der Waals surface area contributed by atoms with E-state index in [1.54, 1.807) is 25.2 Å². The fourth-order valence-electron chi connectivity index (χ4n) is 2.90. The Morgan fingerprint density at radius 3 is 2.88 bits per heavy atom. The summed E-state index contributed by atoms with van der Waals surface area (Å²) in [5, 5.41) is 6.17. The maximum absolute atomic E-state index is 13.6. The molecule has 0 saturated carbocycles. The van der Waals surface area contributed by atoms with Crippen LogP contribution in [0.4, 0.5) is 4.39 Å². The summed E-state index contributed by atoms with van der Waals surface area (Å²) in [6, 6.07) is 6.63. The Morgan fingerprint density at radius 1 is 1.38 bits per heavy atom. The fraction of sp³-hybridized carbons (Fsp3) is 0.556. The van der Waals surface area contributed by atoms with Crippen molar-refractivity contribution in [2.75, 3.05) is 26.7 Å². The van der Waals surface area contributed by atoms with Crippen molar-refractivity contribution in [3.05, 3.63) is 35.6 Å². The Labute approximate surface area is 143 Å². The molecule has 1 atom stereocenters. The van der Waals surface area contributed by atoms with E-state index in [1.165, 1.54) is 12.5 Å². The SMILES string of the molecule is CN=C(NCCC(=O)N1CCCC(C)C1)NCc1ccccc1F. The largest absolute Gasteiger partial charge is 0.356 e. The molecule has 1 heterocycles. The van der Waals surface area contributed by atoms with Crippen molar-refractivity contribution in [1.29, 1.82) is 0 Å². The van der Waals surface area contributed by atoms with E-state index in [-0.39, 0.29) is 11.7 Å². The molecule has 5 nitrogen and oxygen atoms in total. The highest BCUT2D eigenvalue weighted by atomic mass is 19.1. The zero-order chi connectivity index (χ0) is 17.4. The molecule has 2 N–H and O–H groups in total. The minimum atomic E-state index is -0.241. The molecule has 0 bridgehead atoms. The van der Waals surface area contributed by atoms with Crippen LogP contribution in [0.25, 0.3) is 0 Å². The van der Waals surface area contributed by atoms with E-state index in [2.05, 4.69) is 22.5 Å². The van der Waals surface area contributed by atoms with Gasteiger partial charge in [0.1, 0.15) is 5.82 Å². The lowest BCUT2D eigenvalue weighted by Crippen LogP contribution is -2.42. The number of hydrogen-bond donors (Lipinski definition) is 2. The van der Waals surface area contributed by atoms with Crippen molar-refractivity contribution in [3.63, 3.8) is 0 Å². The highest BCUT2D eigenvalue weighted by Crippen LogP contribution is 2.15. The fourth-order valence-corrected chi connectivity index (χ4v) is 2.90. The standard InChI is InChI=1S/C18H27FN4O/c1-14-6-5-11-23(13-14)17(24)9-10-21-18(20-2)22-12-15-7-3-4-8-16(15)19/h3-4,7-8,14H,5-6,9-13H2,1-2H3,(H2,20,21,22). The first kappa shape index (κ1) is 18.2. The molecule has 132 valence electrons.